The van der Waals surface area contributed by atoms with E-state index in [1.165, 1.54) is 0 Å². The molecule has 0 unspecified atom stereocenters. The number of ether oxygens (including phenoxy) is 1. The van der Waals surface area contributed by atoms with Gasteiger partial charge in [-0.1, -0.05) is 24.4 Å². The first-order valence-corrected chi connectivity index (χ1v) is 9.46. The minimum atomic E-state index is -0.0369. The second-order valence-electron chi connectivity index (χ2n) is 6.78. The predicted octanol–water partition coefficient (Wildman–Crippen LogP) is 2.97. The molecule has 6 heteroatoms. The van der Waals surface area contributed by atoms with E-state index in [0.29, 0.717) is 30.4 Å². The highest BCUT2D eigenvalue weighted by molar-refractivity contribution is 6.30. The number of amides is 2. The summed E-state index contributed by atoms with van der Waals surface area (Å²) in [6, 6.07) is 6.97. The van der Waals surface area contributed by atoms with Gasteiger partial charge in [-0.25, -0.2) is 0 Å². The number of carbonyl (C=O) groups excluding carboxylic acids is 2. The van der Waals surface area contributed by atoms with Gasteiger partial charge in [0.1, 0.15) is 5.75 Å². The van der Waals surface area contributed by atoms with Crippen molar-refractivity contribution in [2.24, 2.45) is 5.92 Å². The Morgan fingerprint density at radius 2 is 1.60 bits per heavy atom. The van der Waals surface area contributed by atoms with Gasteiger partial charge in [0, 0.05) is 37.1 Å². The van der Waals surface area contributed by atoms with Crippen LogP contribution in [-0.4, -0.2) is 54.4 Å². The van der Waals surface area contributed by atoms with E-state index in [-0.39, 0.29) is 24.3 Å². The molecule has 1 aromatic rings. The van der Waals surface area contributed by atoms with Crippen LogP contribution in [0.3, 0.4) is 0 Å². The van der Waals surface area contributed by atoms with Crippen molar-refractivity contribution in [3.63, 3.8) is 0 Å². The Kier molecular flexibility index (Phi) is 6.19. The first kappa shape index (κ1) is 18.1. The molecule has 1 heterocycles. The van der Waals surface area contributed by atoms with E-state index >= 15 is 0 Å². The maximum absolute atomic E-state index is 12.6. The monoisotopic (exact) mass is 364 g/mol. The Morgan fingerprint density at radius 1 is 0.960 bits per heavy atom. The number of hydrogen-bond acceptors (Lipinski definition) is 3. The van der Waals surface area contributed by atoms with Crippen LogP contribution >= 0.6 is 11.6 Å². The summed E-state index contributed by atoms with van der Waals surface area (Å²) in [5, 5.41) is 0.637. The summed E-state index contributed by atoms with van der Waals surface area (Å²) in [7, 11) is 0. The smallest absolute Gasteiger partial charge is 0.260 e. The predicted molar refractivity (Wildman–Crippen MR) is 96.7 cm³/mol. The maximum atomic E-state index is 12.6. The average Bonchev–Trinajstić information content (AvgIpc) is 3.05. The summed E-state index contributed by atoms with van der Waals surface area (Å²) in [4.78, 5) is 28.7. The molecule has 2 aliphatic rings. The van der Waals surface area contributed by atoms with Gasteiger partial charge in [-0.05, 0) is 43.5 Å². The minimum Gasteiger partial charge on any atom is -0.484 e. The van der Waals surface area contributed by atoms with Gasteiger partial charge in [-0.2, -0.15) is 0 Å². The van der Waals surface area contributed by atoms with Crippen LogP contribution in [0.1, 0.15) is 32.1 Å². The fourth-order valence-electron chi connectivity index (χ4n) is 3.59. The van der Waals surface area contributed by atoms with Crippen molar-refractivity contribution in [3.8, 4) is 5.75 Å². The van der Waals surface area contributed by atoms with Crippen LogP contribution in [0, 0.1) is 5.92 Å². The second-order valence-corrected chi connectivity index (χ2v) is 7.22. The highest BCUT2D eigenvalue weighted by atomic mass is 35.5. The normalized spacial score (nSPS) is 18.9. The molecular formula is C19H25ClN2O3. The summed E-state index contributed by atoms with van der Waals surface area (Å²) < 4.78 is 5.54. The third-order valence-electron chi connectivity index (χ3n) is 5.04. The van der Waals surface area contributed by atoms with E-state index in [2.05, 4.69) is 0 Å². The summed E-state index contributed by atoms with van der Waals surface area (Å²) >= 11 is 5.84. The fraction of sp³-hybridized carbons (Fsp3) is 0.579. The highest BCUT2D eigenvalue weighted by Crippen LogP contribution is 2.27. The molecule has 5 nitrogen and oxygen atoms in total. The Bertz CT molecular complexity index is 599. The zero-order chi connectivity index (χ0) is 17.6. The first-order chi connectivity index (χ1) is 12.1. The number of nitrogens with zero attached hydrogens (tertiary/aromatic N) is 2. The van der Waals surface area contributed by atoms with Crippen molar-refractivity contribution in [1.29, 1.82) is 0 Å². The zero-order valence-electron chi connectivity index (χ0n) is 14.5. The van der Waals surface area contributed by atoms with Crippen LogP contribution in [0.15, 0.2) is 24.3 Å². The first-order valence-electron chi connectivity index (χ1n) is 9.08. The van der Waals surface area contributed by atoms with Crippen LogP contribution in [0.5, 0.6) is 5.75 Å². The highest BCUT2D eigenvalue weighted by Gasteiger charge is 2.29. The lowest BCUT2D eigenvalue weighted by Gasteiger charge is -2.24. The van der Waals surface area contributed by atoms with Gasteiger partial charge >= 0.3 is 0 Å². The van der Waals surface area contributed by atoms with E-state index in [0.717, 1.165) is 38.6 Å². The number of halogens is 1. The SMILES string of the molecule is O=C(COc1ccc(Cl)cc1)N1CCCN(C(=O)C2CCCC2)CC1. The second kappa shape index (κ2) is 8.56. The quantitative estimate of drug-likeness (QED) is 0.825. The third-order valence-corrected chi connectivity index (χ3v) is 5.29. The Balaban J connectivity index is 1.47. The summed E-state index contributed by atoms with van der Waals surface area (Å²) in [5.41, 5.74) is 0. The average molecular weight is 365 g/mol. The topological polar surface area (TPSA) is 49.9 Å². The number of hydrogen-bond donors (Lipinski definition) is 0. The fourth-order valence-corrected chi connectivity index (χ4v) is 3.71. The van der Waals surface area contributed by atoms with Crippen molar-refractivity contribution < 1.29 is 14.3 Å². The molecule has 1 saturated carbocycles. The van der Waals surface area contributed by atoms with Crippen LogP contribution in [0.2, 0.25) is 5.02 Å². The van der Waals surface area contributed by atoms with E-state index in [1.54, 1.807) is 29.2 Å². The van der Waals surface area contributed by atoms with Crippen LogP contribution in [-0.2, 0) is 9.59 Å². The lowest BCUT2D eigenvalue weighted by atomic mass is 10.1. The molecule has 1 aromatic carbocycles. The standard InChI is InChI=1S/C19H25ClN2O3/c20-16-6-8-17(9-7-16)25-14-18(23)21-10-3-11-22(13-12-21)19(24)15-4-1-2-5-15/h6-9,15H,1-5,10-14H2. The minimum absolute atomic E-state index is 0.0121. The van der Waals surface area contributed by atoms with E-state index in [4.69, 9.17) is 16.3 Å². The zero-order valence-corrected chi connectivity index (χ0v) is 15.2. The Labute approximate surface area is 153 Å². The van der Waals surface area contributed by atoms with Crippen LogP contribution in [0.25, 0.3) is 0 Å². The molecule has 25 heavy (non-hydrogen) atoms. The molecule has 0 radical (unpaired) electrons. The molecule has 0 spiro atoms. The molecule has 0 atom stereocenters. The molecule has 1 aliphatic carbocycles. The van der Waals surface area contributed by atoms with Crippen molar-refractivity contribution in [2.45, 2.75) is 32.1 Å². The van der Waals surface area contributed by atoms with Crippen molar-refractivity contribution >= 4 is 23.4 Å². The number of benzene rings is 1. The van der Waals surface area contributed by atoms with Crippen molar-refractivity contribution in [1.82, 2.24) is 9.80 Å². The van der Waals surface area contributed by atoms with Crippen molar-refractivity contribution in [3.05, 3.63) is 29.3 Å². The Hall–Kier alpha value is -1.75. The van der Waals surface area contributed by atoms with Gasteiger partial charge in [0.2, 0.25) is 5.91 Å². The molecule has 2 amide bonds. The summed E-state index contributed by atoms with van der Waals surface area (Å²) in [6.45, 7) is 2.65. The lowest BCUT2D eigenvalue weighted by molar-refractivity contribution is -0.136. The van der Waals surface area contributed by atoms with Gasteiger partial charge in [0.25, 0.3) is 5.91 Å². The molecule has 136 valence electrons. The molecule has 0 bridgehead atoms. The van der Waals surface area contributed by atoms with Crippen LogP contribution in [0.4, 0.5) is 0 Å². The Morgan fingerprint density at radius 3 is 2.32 bits per heavy atom. The van der Waals surface area contributed by atoms with Crippen LogP contribution < -0.4 is 4.74 Å². The molecule has 3 rings (SSSR count). The van der Waals surface area contributed by atoms with E-state index in [1.807, 2.05) is 4.90 Å². The molecular weight excluding hydrogens is 340 g/mol. The third kappa shape index (κ3) is 4.88. The maximum Gasteiger partial charge on any atom is 0.260 e. The van der Waals surface area contributed by atoms with Gasteiger partial charge in [0.15, 0.2) is 6.61 Å². The summed E-state index contributed by atoms with van der Waals surface area (Å²) in [5.74, 6) is 1.08. The lowest BCUT2D eigenvalue weighted by Crippen LogP contribution is -2.40. The molecule has 1 aliphatic heterocycles. The molecule has 2 fully saturated rings. The number of carbonyl (C=O) groups is 2. The molecule has 1 saturated heterocycles. The van der Waals surface area contributed by atoms with Crippen molar-refractivity contribution in [2.75, 3.05) is 32.8 Å². The van der Waals surface area contributed by atoms with Gasteiger partial charge in [-0.3, -0.25) is 9.59 Å². The van der Waals surface area contributed by atoms with E-state index < -0.39 is 0 Å². The van der Waals surface area contributed by atoms with Gasteiger partial charge < -0.3 is 14.5 Å². The van der Waals surface area contributed by atoms with Gasteiger partial charge in [0.05, 0.1) is 0 Å². The summed E-state index contributed by atoms with van der Waals surface area (Å²) in [6.07, 6.45) is 5.19. The largest absolute Gasteiger partial charge is 0.484 e. The molecule has 0 aromatic heterocycles. The molecule has 0 N–H and O–H groups in total. The van der Waals surface area contributed by atoms with Gasteiger partial charge in [-0.15, -0.1) is 0 Å². The van der Waals surface area contributed by atoms with E-state index in [9.17, 15) is 9.59 Å². The number of rotatable bonds is 4.